The van der Waals surface area contributed by atoms with Crippen LogP contribution in [0.25, 0.3) is 12.2 Å². The molecular weight excluding hydrogens is 190 g/mol. The molecule has 78 valence electrons. The molecule has 0 aliphatic heterocycles. The fraction of sp³-hybridized carbons (Fsp3) is 0.250. The summed E-state index contributed by atoms with van der Waals surface area (Å²) in [6, 6.07) is 5.65. The van der Waals surface area contributed by atoms with Gasteiger partial charge in [0.2, 0.25) is 0 Å². The van der Waals surface area contributed by atoms with Gasteiger partial charge in [0.15, 0.2) is 5.78 Å². The highest BCUT2D eigenvalue weighted by molar-refractivity contribution is 5.94. The number of ketones is 1. The van der Waals surface area contributed by atoms with Gasteiger partial charge in [-0.1, -0.05) is 18.2 Å². The van der Waals surface area contributed by atoms with Crippen molar-refractivity contribution in [3.05, 3.63) is 34.2 Å². The third-order valence-electron chi connectivity index (χ3n) is 2.60. The first-order chi connectivity index (χ1) is 7.20. The molecule has 2 rings (SSSR count). The number of carbonyl (C=O) groups is 1. The minimum Gasteiger partial charge on any atom is -0.297 e. The van der Waals surface area contributed by atoms with E-state index in [1.165, 1.54) is 0 Å². The summed E-state index contributed by atoms with van der Waals surface area (Å²) in [5, 5.41) is 2.15. The molecule has 0 aromatic heterocycles. The molecule has 1 aromatic carbocycles. The molecule has 0 spiro atoms. The minimum atomic E-state index is -0.0549. The predicted molar refractivity (Wildman–Crippen MR) is 58.3 cm³/mol. The van der Waals surface area contributed by atoms with Crippen LogP contribution in [0.1, 0.15) is 23.7 Å². The number of hydrogen-bond acceptors (Lipinski definition) is 3. The first-order valence-electron chi connectivity index (χ1n) is 4.89. The lowest BCUT2D eigenvalue weighted by Crippen LogP contribution is -2.33. The normalized spacial score (nSPS) is 18.7. The van der Waals surface area contributed by atoms with E-state index >= 15 is 0 Å². The van der Waals surface area contributed by atoms with Crippen LogP contribution in [-0.2, 0) is 4.84 Å². The Bertz CT molecular complexity index is 505. The van der Waals surface area contributed by atoms with Gasteiger partial charge in [-0.05, 0) is 35.9 Å². The van der Waals surface area contributed by atoms with E-state index < -0.39 is 0 Å². The van der Waals surface area contributed by atoms with Crippen molar-refractivity contribution in [2.45, 2.75) is 19.4 Å². The van der Waals surface area contributed by atoms with Crippen LogP contribution < -0.4 is 16.3 Å². The highest BCUT2D eigenvalue weighted by atomic mass is 16.6. The van der Waals surface area contributed by atoms with Gasteiger partial charge in [-0.15, -0.1) is 0 Å². The van der Waals surface area contributed by atoms with Crippen LogP contribution in [0, 0.1) is 0 Å². The number of fused-ring (bicyclic) bond motifs is 1. The number of hydrogen-bond donors (Lipinski definition) is 1. The van der Waals surface area contributed by atoms with Crippen molar-refractivity contribution in [1.82, 2.24) is 0 Å². The van der Waals surface area contributed by atoms with E-state index in [1.54, 1.807) is 6.92 Å². The summed E-state index contributed by atoms with van der Waals surface area (Å²) in [4.78, 5) is 16.0. The van der Waals surface area contributed by atoms with Crippen LogP contribution in [0.15, 0.2) is 18.2 Å². The Balaban J connectivity index is 2.53. The Labute approximate surface area is 87.8 Å². The van der Waals surface area contributed by atoms with Gasteiger partial charge in [0.1, 0.15) is 6.10 Å². The maximum Gasteiger partial charge on any atom is 0.159 e. The summed E-state index contributed by atoms with van der Waals surface area (Å²) in [6.07, 6.45) is 4.71. The number of carbonyl (C=O) groups excluding carboxylic acids is 1. The zero-order valence-corrected chi connectivity index (χ0v) is 8.57. The molecule has 1 aromatic rings. The zero-order chi connectivity index (χ0) is 10.8. The topological polar surface area (TPSA) is 52.3 Å². The lowest BCUT2D eigenvalue weighted by Gasteiger charge is -2.11. The highest BCUT2D eigenvalue weighted by Crippen LogP contribution is 2.02. The molecule has 0 fully saturated rings. The minimum absolute atomic E-state index is 0.0549. The van der Waals surface area contributed by atoms with Crippen LogP contribution in [0.4, 0.5) is 0 Å². The van der Waals surface area contributed by atoms with E-state index in [0.29, 0.717) is 0 Å². The quantitative estimate of drug-likeness (QED) is 0.548. The average Bonchev–Trinajstić information content (AvgIpc) is 2.27. The molecule has 0 saturated carbocycles. The molecule has 0 saturated heterocycles. The van der Waals surface area contributed by atoms with Crippen molar-refractivity contribution >= 4 is 17.9 Å². The molecule has 1 aliphatic rings. The summed E-state index contributed by atoms with van der Waals surface area (Å²) >= 11 is 0. The third-order valence-corrected chi connectivity index (χ3v) is 2.60. The molecule has 1 atom stereocenters. The first-order valence-corrected chi connectivity index (χ1v) is 4.89. The van der Waals surface area contributed by atoms with Crippen LogP contribution in [0.2, 0.25) is 0 Å². The van der Waals surface area contributed by atoms with Crippen molar-refractivity contribution in [3.8, 4) is 0 Å². The molecule has 3 heteroatoms. The fourth-order valence-corrected chi connectivity index (χ4v) is 1.73. The van der Waals surface area contributed by atoms with Crippen LogP contribution in [0.3, 0.4) is 0 Å². The van der Waals surface area contributed by atoms with Gasteiger partial charge in [0, 0.05) is 5.56 Å². The van der Waals surface area contributed by atoms with Gasteiger partial charge in [-0.3, -0.25) is 9.63 Å². The second-order valence-electron chi connectivity index (χ2n) is 3.68. The largest absolute Gasteiger partial charge is 0.297 e. The number of rotatable bonds is 2. The Morgan fingerprint density at radius 3 is 2.93 bits per heavy atom. The van der Waals surface area contributed by atoms with Crippen LogP contribution in [-0.4, -0.2) is 11.9 Å². The van der Waals surface area contributed by atoms with E-state index in [0.717, 1.165) is 22.4 Å². The van der Waals surface area contributed by atoms with Gasteiger partial charge < -0.3 is 0 Å². The van der Waals surface area contributed by atoms with E-state index in [-0.39, 0.29) is 11.9 Å². The molecule has 0 bridgehead atoms. The Kier molecular flexibility index (Phi) is 2.66. The second kappa shape index (κ2) is 3.96. The van der Waals surface area contributed by atoms with E-state index in [9.17, 15) is 4.79 Å². The van der Waals surface area contributed by atoms with Crippen molar-refractivity contribution in [1.29, 1.82) is 0 Å². The summed E-state index contributed by atoms with van der Waals surface area (Å²) in [5.74, 6) is 5.22. The van der Waals surface area contributed by atoms with E-state index in [2.05, 4.69) is 0 Å². The summed E-state index contributed by atoms with van der Waals surface area (Å²) in [5.41, 5.74) is 0.741. The Morgan fingerprint density at radius 1 is 1.47 bits per heavy atom. The van der Waals surface area contributed by atoms with Crippen LogP contribution in [0.5, 0.6) is 0 Å². The third kappa shape index (κ3) is 1.98. The summed E-state index contributed by atoms with van der Waals surface area (Å²) < 4.78 is 0. The molecule has 15 heavy (non-hydrogen) atoms. The standard InChI is InChI=1S/C12H13NO2/c1-8(14)9-2-3-11-7-12(15-13)5-4-10(11)6-9/h2-4,6-7,12H,5,13H2,1H3. The van der Waals surface area contributed by atoms with Gasteiger partial charge >= 0.3 is 0 Å². The predicted octanol–water partition coefficient (Wildman–Crippen LogP) is 0.113. The zero-order valence-electron chi connectivity index (χ0n) is 8.57. The number of Topliss-reactive ketones (excluding diaryl/α,β-unsaturated/α-hetero) is 1. The molecule has 3 nitrogen and oxygen atoms in total. The monoisotopic (exact) mass is 203 g/mol. The molecule has 1 unspecified atom stereocenters. The number of nitrogens with two attached hydrogens (primary N) is 1. The SMILES string of the molecule is CC(=O)c1ccc2c(c1)=CCC(ON)C=2. The lowest BCUT2D eigenvalue weighted by atomic mass is 10.0. The lowest BCUT2D eigenvalue weighted by molar-refractivity contribution is 0.101. The fourth-order valence-electron chi connectivity index (χ4n) is 1.73. The second-order valence-corrected chi connectivity index (χ2v) is 3.68. The molecule has 0 radical (unpaired) electrons. The molecule has 1 aliphatic carbocycles. The maximum atomic E-state index is 11.2. The Morgan fingerprint density at radius 2 is 2.27 bits per heavy atom. The van der Waals surface area contributed by atoms with Gasteiger partial charge in [0.05, 0.1) is 0 Å². The first kappa shape index (κ1) is 10.1. The van der Waals surface area contributed by atoms with Crippen molar-refractivity contribution in [3.63, 3.8) is 0 Å². The summed E-state index contributed by atoms with van der Waals surface area (Å²) in [6.45, 7) is 1.57. The number of benzene rings is 1. The van der Waals surface area contributed by atoms with Gasteiger partial charge in [-0.25, -0.2) is 5.90 Å². The average molecular weight is 203 g/mol. The van der Waals surface area contributed by atoms with Crippen molar-refractivity contribution in [2.24, 2.45) is 5.90 Å². The van der Waals surface area contributed by atoms with Crippen LogP contribution >= 0.6 is 0 Å². The highest BCUT2D eigenvalue weighted by Gasteiger charge is 2.07. The Hall–Kier alpha value is -1.45. The van der Waals surface area contributed by atoms with Gasteiger partial charge in [0.25, 0.3) is 0 Å². The van der Waals surface area contributed by atoms with Crippen molar-refractivity contribution < 1.29 is 9.63 Å². The molecule has 2 N–H and O–H groups in total. The molecule has 0 amide bonds. The molecular formula is C12H13NO2. The summed E-state index contributed by atoms with van der Waals surface area (Å²) in [7, 11) is 0. The smallest absolute Gasteiger partial charge is 0.159 e. The molecule has 0 heterocycles. The van der Waals surface area contributed by atoms with Crippen molar-refractivity contribution in [2.75, 3.05) is 0 Å². The van der Waals surface area contributed by atoms with Gasteiger partial charge in [-0.2, -0.15) is 0 Å². The van der Waals surface area contributed by atoms with E-state index in [1.807, 2.05) is 30.4 Å². The van der Waals surface area contributed by atoms with E-state index in [4.69, 9.17) is 10.7 Å². The maximum absolute atomic E-state index is 11.2.